The van der Waals surface area contributed by atoms with Crippen LogP contribution in [0, 0.1) is 5.82 Å². The molecule has 3 heteroatoms. The van der Waals surface area contributed by atoms with Gasteiger partial charge in [0.2, 0.25) is 0 Å². The van der Waals surface area contributed by atoms with Crippen molar-refractivity contribution in [2.45, 2.75) is 44.8 Å². The molecule has 2 saturated heterocycles. The van der Waals surface area contributed by atoms with Crippen LogP contribution in [0.1, 0.15) is 31.7 Å². The third-order valence-electron chi connectivity index (χ3n) is 4.71. The molecule has 104 valence electrons. The zero-order valence-corrected chi connectivity index (χ0v) is 11.7. The molecular formula is C16H23FN2. The summed E-state index contributed by atoms with van der Waals surface area (Å²) >= 11 is 0. The summed E-state index contributed by atoms with van der Waals surface area (Å²) in [7, 11) is 0. The van der Waals surface area contributed by atoms with Crippen molar-refractivity contribution in [1.29, 1.82) is 0 Å². The Balaban J connectivity index is 1.73. The largest absolute Gasteiger partial charge is 0.298 e. The number of rotatable bonds is 3. The van der Waals surface area contributed by atoms with Gasteiger partial charge in [0, 0.05) is 37.3 Å². The normalized spacial score (nSPS) is 28.5. The van der Waals surface area contributed by atoms with Crippen molar-refractivity contribution in [2.75, 3.05) is 19.6 Å². The Morgan fingerprint density at radius 2 is 2.11 bits per heavy atom. The summed E-state index contributed by atoms with van der Waals surface area (Å²) in [5.74, 6) is -0.0637. The van der Waals surface area contributed by atoms with Crippen molar-refractivity contribution in [2.24, 2.45) is 0 Å². The van der Waals surface area contributed by atoms with Gasteiger partial charge in [0.25, 0.3) is 0 Å². The average molecular weight is 262 g/mol. The highest BCUT2D eigenvalue weighted by Crippen LogP contribution is 2.27. The van der Waals surface area contributed by atoms with Crippen LogP contribution < -0.4 is 0 Å². The minimum absolute atomic E-state index is 0.0637. The third-order valence-corrected chi connectivity index (χ3v) is 4.71. The number of hydrogen-bond acceptors (Lipinski definition) is 2. The fraction of sp³-hybridized carbons (Fsp3) is 0.625. The molecular weight excluding hydrogens is 239 g/mol. The molecule has 1 aromatic carbocycles. The molecule has 0 bridgehead atoms. The second-order valence-corrected chi connectivity index (χ2v) is 5.87. The highest BCUT2D eigenvalue weighted by molar-refractivity contribution is 5.17. The van der Waals surface area contributed by atoms with Crippen LogP contribution in [0.3, 0.4) is 0 Å². The van der Waals surface area contributed by atoms with Gasteiger partial charge in [-0.3, -0.25) is 9.80 Å². The lowest BCUT2D eigenvalue weighted by Crippen LogP contribution is -2.55. The van der Waals surface area contributed by atoms with E-state index in [-0.39, 0.29) is 5.82 Å². The van der Waals surface area contributed by atoms with E-state index >= 15 is 0 Å². The van der Waals surface area contributed by atoms with Crippen molar-refractivity contribution in [3.8, 4) is 0 Å². The predicted octanol–water partition coefficient (Wildman–Crippen LogP) is 2.88. The van der Waals surface area contributed by atoms with Crippen LogP contribution in [0.25, 0.3) is 0 Å². The van der Waals surface area contributed by atoms with Crippen molar-refractivity contribution in [1.82, 2.24) is 9.80 Å². The Bertz CT molecular complexity index is 435. The first-order valence-corrected chi connectivity index (χ1v) is 7.49. The van der Waals surface area contributed by atoms with Gasteiger partial charge in [-0.15, -0.1) is 0 Å². The topological polar surface area (TPSA) is 6.48 Å². The van der Waals surface area contributed by atoms with Crippen LogP contribution in [0.4, 0.5) is 4.39 Å². The lowest BCUT2D eigenvalue weighted by atomic mass is 10.0. The van der Waals surface area contributed by atoms with Crippen LogP contribution >= 0.6 is 0 Å². The molecule has 2 unspecified atom stereocenters. The first-order chi connectivity index (χ1) is 9.28. The second kappa shape index (κ2) is 5.59. The zero-order chi connectivity index (χ0) is 13.2. The van der Waals surface area contributed by atoms with Gasteiger partial charge >= 0.3 is 0 Å². The van der Waals surface area contributed by atoms with Gasteiger partial charge in [0.15, 0.2) is 0 Å². The van der Waals surface area contributed by atoms with Gasteiger partial charge < -0.3 is 0 Å². The van der Waals surface area contributed by atoms with E-state index in [1.165, 1.54) is 19.4 Å². The molecule has 2 aliphatic rings. The molecule has 0 radical (unpaired) electrons. The molecule has 0 aromatic heterocycles. The third kappa shape index (κ3) is 2.67. The Morgan fingerprint density at radius 3 is 2.89 bits per heavy atom. The number of piperazine rings is 1. The quantitative estimate of drug-likeness (QED) is 0.826. The van der Waals surface area contributed by atoms with Gasteiger partial charge in [-0.2, -0.15) is 0 Å². The summed E-state index contributed by atoms with van der Waals surface area (Å²) in [6, 6.07) is 8.48. The average Bonchev–Trinajstić information content (AvgIpc) is 2.87. The summed E-state index contributed by atoms with van der Waals surface area (Å²) in [5.41, 5.74) is 0.840. The minimum atomic E-state index is -0.0637. The molecule has 19 heavy (non-hydrogen) atoms. The first kappa shape index (κ1) is 13.1. The van der Waals surface area contributed by atoms with Gasteiger partial charge in [0.05, 0.1) is 0 Å². The predicted molar refractivity (Wildman–Crippen MR) is 75.5 cm³/mol. The first-order valence-electron chi connectivity index (χ1n) is 7.49. The molecule has 2 aliphatic heterocycles. The van der Waals surface area contributed by atoms with Crippen molar-refractivity contribution in [3.05, 3.63) is 35.6 Å². The molecule has 1 aromatic rings. The minimum Gasteiger partial charge on any atom is -0.298 e. The van der Waals surface area contributed by atoms with Crippen LogP contribution in [0.2, 0.25) is 0 Å². The highest BCUT2D eigenvalue weighted by Gasteiger charge is 2.35. The summed E-state index contributed by atoms with van der Waals surface area (Å²) in [6.07, 6.45) is 3.79. The van der Waals surface area contributed by atoms with Gasteiger partial charge in [-0.1, -0.05) is 25.1 Å². The molecule has 3 rings (SSSR count). The SMILES string of the molecule is CCC1CN2CCCC2CN1Cc1ccccc1F. The van der Waals surface area contributed by atoms with Crippen LogP contribution in [0.5, 0.6) is 0 Å². The van der Waals surface area contributed by atoms with E-state index in [1.807, 2.05) is 12.1 Å². The van der Waals surface area contributed by atoms with E-state index in [0.717, 1.165) is 31.6 Å². The van der Waals surface area contributed by atoms with Gasteiger partial charge in [-0.05, 0) is 31.9 Å². The van der Waals surface area contributed by atoms with E-state index in [2.05, 4.69) is 16.7 Å². The van der Waals surface area contributed by atoms with Crippen LogP contribution in [-0.4, -0.2) is 41.5 Å². The Labute approximate surface area is 115 Å². The monoisotopic (exact) mass is 262 g/mol. The van der Waals surface area contributed by atoms with Crippen molar-refractivity contribution >= 4 is 0 Å². The maximum absolute atomic E-state index is 13.8. The fourth-order valence-electron chi connectivity index (χ4n) is 3.57. The molecule has 0 N–H and O–H groups in total. The maximum Gasteiger partial charge on any atom is 0.127 e. The van der Waals surface area contributed by atoms with Crippen LogP contribution in [-0.2, 0) is 6.54 Å². The summed E-state index contributed by atoms with van der Waals surface area (Å²) in [5, 5.41) is 0. The standard InChI is InChI=1S/C16H23FN2/c1-2-14-11-18-9-5-7-15(18)12-19(14)10-13-6-3-4-8-16(13)17/h3-4,6,8,14-15H,2,5,7,9-12H2,1H3. The summed E-state index contributed by atoms with van der Waals surface area (Å²) in [6.45, 7) is 6.53. The number of hydrogen-bond donors (Lipinski definition) is 0. The number of nitrogens with zero attached hydrogens (tertiary/aromatic N) is 2. The highest BCUT2D eigenvalue weighted by atomic mass is 19.1. The number of benzene rings is 1. The van der Waals surface area contributed by atoms with Crippen molar-refractivity contribution < 1.29 is 4.39 Å². The van der Waals surface area contributed by atoms with E-state index < -0.39 is 0 Å². The Hall–Kier alpha value is -0.930. The molecule has 2 nitrogen and oxygen atoms in total. The van der Waals surface area contributed by atoms with E-state index in [1.54, 1.807) is 12.1 Å². The molecule has 0 amide bonds. The molecule has 2 fully saturated rings. The maximum atomic E-state index is 13.8. The Morgan fingerprint density at radius 1 is 1.26 bits per heavy atom. The second-order valence-electron chi connectivity index (χ2n) is 5.87. The lowest BCUT2D eigenvalue weighted by Gasteiger charge is -2.43. The van der Waals surface area contributed by atoms with E-state index in [0.29, 0.717) is 12.1 Å². The summed E-state index contributed by atoms with van der Waals surface area (Å²) in [4.78, 5) is 5.12. The fourth-order valence-corrected chi connectivity index (χ4v) is 3.57. The molecule has 2 atom stereocenters. The zero-order valence-electron chi connectivity index (χ0n) is 11.7. The Kier molecular flexibility index (Phi) is 3.85. The van der Waals surface area contributed by atoms with Crippen molar-refractivity contribution in [3.63, 3.8) is 0 Å². The molecule has 0 saturated carbocycles. The van der Waals surface area contributed by atoms with Gasteiger partial charge in [0.1, 0.15) is 5.82 Å². The van der Waals surface area contributed by atoms with Crippen LogP contribution in [0.15, 0.2) is 24.3 Å². The lowest BCUT2D eigenvalue weighted by molar-refractivity contribution is 0.0430. The molecule has 0 aliphatic carbocycles. The van der Waals surface area contributed by atoms with E-state index in [4.69, 9.17) is 0 Å². The molecule has 2 heterocycles. The summed E-state index contributed by atoms with van der Waals surface area (Å²) < 4.78 is 13.8. The van der Waals surface area contributed by atoms with Gasteiger partial charge in [-0.25, -0.2) is 4.39 Å². The smallest absolute Gasteiger partial charge is 0.127 e. The number of halogens is 1. The van der Waals surface area contributed by atoms with E-state index in [9.17, 15) is 4.39 Å². The molecule has 0 spiro atoms. The number of fused-ring (bicyclic) bond motifs is 1.